The highest BCUT2D eigenvalue weighted by molar-refractivity contribution is 5.97. The molecule has 3 aromatic rings. The number of benzene rings is 2. The van der Waals surface area contributed by atoms with Crippen LogP contribution in [0.2, 0.25) is 0 Å². The number of ether oxygens (including phenoxy) is 2. The van der Waals surface area contributed by atoms with E-state index in [4.69, 9.17) is 9.47 Å². The van der Waals surface area contributed by atoms with Gasteiger partial charge in [-0.05, 0) is 62.1 Å². The molecule has 6 nitrogen and oxygen atoms in total. The molecule has 4 rings (SSSR count). The molecule has 0 N–H and O–H groups in total. The quantitative estimate of drug-likeness (QED) is 0.410. The van der Waals surface area contributed by atoms with Crippen molar-refractivity contribution in [1.29, 1.82) is 0 Å². The van der Waals surface area contributed by atoms with E-state index in [2.05, 4.69) is 0 Å². The molecule has 0 saturated carbocycles. The molecular formula is C29H30FNO5. The van der Waals surface area contributed by atoms with Crippen LogP contribution >= 0.6 is 0 Å². The van der Waals surface area contributed by atoms with Gasteiger partial charge in [-0.15, -0.1) is 0 Å². The normalized spacial score (nSPS) is 17.4. The summed E-state index contributed by atoms with van der Waals surface area (Å²) in [5, 5.41) is 0.774. The minimum atomic E-state index is -0.746. The highest BCUT2D eigenvalue weighted by Crippen LogP contribution is 2.30. The van der Waals surface area contributed by atoms with Gasteiger partial charge in [0.15, 0.2) is 0 Å². The van der Waals surface area contributed by atoms with Crippen LogP contribution in [-0.2, 0) is 38.3 Å². The van der Waals surface area contributed by atoms with Gasteiger partial charge in [0.1, 0.15) is 17.2 Å². The largest absolute Gasteiger partial charge is 0.469 e. The molecule has 0 spiro atoms. The maximum Gasteiger partial charge on any atom is 0.419 e. The van der Waals surface area contributed by atoms with Crippen LogP contribution in [0.1, 0.15) is 49.6 Å². The predicted octanol–water partition coefficient (Wildman–Crippen LogP) is 5.67. The molecule has 2 bridgehead atoms. The van der Waals surface area contributed by atoms with Crippen LogP contribution in [0.15, 0.2) is 48.5 Å². The zero-order valence-electron chi connectivity index (χ0n) is 21.0. The first-order chi connectivity index (χ1) is 17.1. The van der Waals surface area contributed by atoms with Gasteiger partial charge in [-0.25, -0.2) is 13.8 Å². The Hall–Kier alpha value is -3.74. The third kappa shape index (κ3) is 5.56. The van der Waals surface area contributed by atoms with E-state index < -0.39 is 29.4 Å². The van der Waals surface area contributed by atoms with Gasteiger partial charge in [-0.1, -0.05) is 36.4 Å². The molecule has 0 amide bonds. The van der Waals surface area contributed by atoms with E-state index in [9.17, 15) is 18.8 Å². The second kappa shape index (κ2) is 10.1. The minimum absolute atomic E-state index is 0.0406. The molecule has 1 aliphatic rings. The molecule has 7 heteroatoms. The summed E-state index contributed by atoms with van der Waals surface area (Å²) in [4.78, 5) is 39.1. The van der Waals surface area contributed by atoms with Gasteiger partial charge in [0.25, 0.3) is 0 Å². The van der Waals surface area contributed by atoms with Crippen molar-refractivity contribution in [2.45, 2.75) is 52.1 Å². The molecule has 1 atom stereocenters. The Morgan fingerprint density at radius 3 is 2.56 bits per heavy atom. The fourth-order valence-corrected chi connectivity index (χ4v) is 4.72. The zero-order chi connectivity index (χ0) is 26.0. The summed E-state index contributed by atoms with van der Waals surface area (Å²) in [5.74, 6) is -1.86. The Labute approximate surface area is 209 Å². The smallest absolute Gasteiger partial charge is 0.419 e. The van der Waals surface area contributed by atoms with E-state index in [1.165, 1.54) is 23.8 Å². The number of allylic oxidation sites excluding steroid dienone is 1. The van der Waals surface area contributed by atoms with Gasteiger partial charge in [-0.3, -0.25) is 9.59 Å². The molecule has 188 valence electrons. The second-order valence-electron chi connectivity index (χ2n) is 10.1. The number of methoxy groups -OCH3 is 1. The summed E-state index contributed by atoms with van der Waals surface area (Å²) in [6.07, 6.45) is 3.57. The van der Waals surface area contributed by atoms with Crippen LogP contribution < -0.4 is 0 Å². The molecule has 2 aromatic carbocycles. The van der Waals surface area contributed by atoms with E-state index >= 15 is 0 Å². The van der Waals surface area contributed by atoms with Gasteiger partial charge in [-0.2, -0.15) is 0 Å². The molecule has 1 heterocycles. The number of carbonyl (C=O) groups excluding carboxylic acids is 3. The van der Waals surface area contributed by atoms with E-state index in [1.807, 2.05) is 30.3 Å². The van der Waals surface area contributed by atoms with Crippen molar-refractivity contribution in [3.63, 3.8) is 0 Å². The Bertz CT molecular complexity index is 1360. The average molecular weight is 492 g/mol. The average Bonchev–Trinajstić information content (AvgIpc) is 3.09. The highest BCUT2D eigenvalue weighted by atomic mass is 19.1. The van der Waals surface area contributed by atoms with Crippen molar-refractivity contribution < 1.29 is 28.2 Å². The molecule has 0 unspecified atom stereocenters. The topological polar surface area (TPSA) is 74.6 Å². The number of aromatic nitrogens is 1. The van der Waals surface area contributed by atoms with Crippen molar-refractivity contribution in [1.82, 2.24) is 4.57 Å². The van der Waals surface area contributed by atoms with E-state index in [0.29, 0.717) is 34.3 Å². The number of rotatable bonds is 1. The summed E-state index contributed by atoms with van der Waals surface area (Å²) < 4.78 is 26.5. The van der Waals surface area contributed by atoms with Crippen molar-refractivity contribution in [2.24, 2.45) is 5.92 Å². The van der Waals surface area contributed by atoms with Gasteiger partial charge in [0.05, 0.1) is 18.5 Å². The van der Waals surface area contributed by atoms with E-state index in [1.54, 1.807) is 32.9 Å². The SMILES string of the molecule is COC(=O)[C@H]1CC(=O)Cc2c(n(C(=O)OC(C)(C)C)c3ccccc23)C/C=C\c2cc(F)cc(c2)C1. The summed E-state index contributed by atoms with van der Waals surface area (Å²) in [7, 11) is 1.28. The molecule has 0 saturated heterocycles. The number of para-hydroxylation sites is 1. The second-order valence-corrected chi connectivity index (χ2v) is 10.1. The van der Waals surface area contributed by atoms with Gasteiger partial charge >= 0.3 is 12.1 Å². The Balaban J connectivity index is 1.89. The molecule has 0 radical (unpaired) electrons. The minimum Gasteiger partial charge on any atom is -0.469 e. The number of hydrogen-bond donors (Lipinski definition) is 0. The van der Waals surface area contributed by atoms with Crippen molar-refractivity contribution in [2.75, 3.05) is 7.11 Å². The summed E-state index contributed by atoms with van der Waals surface area (Å²) in [6.45, 7) is 5.39. The standard InChI is InChI=1S/C29H30FNO5/c1-29(2,3)36-28(34)31-25-10-6-5-9-23(25)24-17-22(32)16-20(27(33)35-4)13-19-12-18(14-21(30)15-19)8-7-11-26(24)31/h5-10,12,14-15,20H,11,13,16-17H2,1-4H3/b8-7-/t20-/m1/s1. The number of Topliss-reactive ketones (excluding diaryl/α,β-unsaturated/α-hetero) is 1. The fourth-order valence-electron chi connectivity index (χ4n) is 4.72. The monoisotopic (exact) mass is 491 g/mol. The van der Waals surface area contributed by atoms with Gasteiger partial charge in [0, 0.05) is 30.3 Å². The molecule has 0 aliphatic heterocycles. The van der Waals surface area contributed by atoms with Crippen LogP contribution in [-0.4, -0.2) is 35.1 Å². The highest BCUT2D eigenvalue weighted by Gasteiger charge is 2.28. The van der Waals surface area contributed by atoms with Crippen molar-refractivity contribution in [3.05, 3.63) is 76.7 Å². The molecule has 1 aliphatic carbocycles. The third-order valence-corrected chi connectivity index (χ3v) is 6.13. The number of esters is 1. The number of hydrogen-bond acceptors (Lipinski definition) is 5. The number of carbonyl (C=O) groups is 3. The van der Waals surface area contributed by atoms with Gasteiger partial charge < -0.3 is 9.47 Å². The lowest BCUT2D eigenvalue weighted by molar-refractivity contribution is -0.147. The third-order valence-electron chi connectivity index (χ3n) is 6.13. The first kappa shape index (κ1) is 25.4. The Morgan fingerprint density at radius 1 is 1.08 bits per heavy atom. The Morgan fingerprint density at radius 2 is 1.83 bits per heavy atom. The van der Waals surface area contributed by atoms with Crippen molar-refractivity contribution >= 4 is 34.8 Å². The summed E-state index contributed by atoms with van der Waals surface area (Å²) in [5.41, 5.74) is 2.50. The molecule has 36 heavy (non-hydrogen) atoms. The van der Waals surface area contributed by atoms with Crippen LogP contribution in [0.3, 0.4) is 0 Å². The summed E-state index contributed by atoms with van der Waals surface area (Å²) >= 11 is 0. The maximum atomic E-state index is 14.4. The maximum absolute atomic E-state index is 14.4. The number of nitrogens with zero attached hydrogens (tertiary/aromatic N) is 1. The zero-order valence-corrected chi connectivity index (χ0v) is 21.0. The van der Waals surface area contributed by atoms with Crippen LogP contribution in [0, 0.1) is 11.7 Å². The Kier molecular flexibility index (Phi) is 7.11. The summed E-state index contributed by atoms with van der Waals surface area (Å²) in [6, 6.07) is 11.9. The number of ketones is 1. The number of halogens is 1. The van der Waals surface area contributed by atoms with Crippen LogP contribution in [0.25, 0.3) is 17.0 Å². The van der Waals surface area contributed by atoms with E-state index in [0.717, 1.165) is 5.39 Å². The molecular weight excluding hydrogens is 461 g/mol. The molecule has 1 aromatic heterocycles. The first-order valence-corrected chi connectivity index (χ1v) is 12.0. The molecule has 0 fully saturated rings. The predicted molar refractivity (Wildman–Crippen MR) is 135 cm³/mol. The van der Waals surface area contributed by atoms with E-state index in [-0.39, 0.29) is 25.0 Å². The lowest BCUT2D eigenvalue weighted by atomic mass is 9.91. The lowest BCUT2D eigenvalue weighted by Gasteiger charge is -2.21. The lowest BCUT2D eigenvalue weighted by Crippen LogP contribution is -2.28. The first-order valence-electron chi connectivity index (χ1n) is 12.0. The van der Waals surface area contributed by atoms with Crippen LogP contribution in [0.5, 0.6) is 0 Å². The van der Waals surface area contributed by atoms with Gasteiger partial charge in [0.2, 0.25) is 0 Å². The van der Waals surface area contributed by atoms with Crippen molar-refractivity contribution in [3.8, 4) is 0 Å². The van der Waals surface area contributed by atoms with Crippen LogP contribution in [0.4, 0.5) is 9.18 Å². The number of fused-ring (bicyclic) bond motifs is 5. The fraction of sp³-hybridized carbons (Fsp3) is 0.345.